The van der Waals surface area contributed by atoms with Crippen LogP contribution >= 0.6 is 11.3 Å². The molecule has 1 aromatic heterocycles. The number of rotatable bonds is 10. The highest BCUT2D eigenvalue weighted by atomic mass is 32.2. The molecule has 1 fully saturated rings. The first kappa shape index (κ1) is 24.1. The van der Waals surface area contributed by atoms with Gasteiger partial charge in [-0.3, -0.25) is 9.80 Å². The van der Waals surface area contributed by atoms with Crippen molar-refractivity contribution in [2.75, 3.05) is 52.4 Å². The Morgan fingerprint density at radius 1 is 1.12 bits per heavy atom. The average molecular weight is 491 g/mol. The number of aliphatic hydroxyl groups is 1. The van der Waals surface area contributed by atoms with Crippen LogP contribution in [0.5, 0.6) is 5.75 Å². The molecule has 4 rings (SSSR count). The number of hydrogen-bond acceptors (Lipinski definition) is 8. The van der Waals surface area contributed by atoms with Gasteiger partial charge in [0.2, 0.25) is 10.0 Å². The van der Waals surface area contributed by atoms with Crippen molar-refractivity contribution < 1.29 is 18.3 Å². The number of ether oxygens (including phenoxy) is 1. The van der Waals surface area contributed by atoms with Crippen LogP contribution < -0.4 is 9.46 Å². The molecule has 0 radical (unpaired) electrons. The summed E-state index contributed by atoms with van der Waals surface area (Å²) in [6.45, 7) is 7.11. The number of benzene rings is 2. The van der Waals surface area contributed by atoms with E-state index in [1.54, 1.807) is 41.7 Å². The minimum atomic E-state index is -3.47. The number of nitrogens with zero attached hydrogens (tertiary/aromatic N) is 3. The molecule has 0 bridgehead atoms. The largest absolute Gasteiger partial charge is 0.491 e. The van der Waals surface area contributed by atoms with E-state index >= 15 is 0 Å². The number of hydrogen-bond donors (Lipinski definition) is 2. The lowest BCUT2D eigenvalue weighted by molar-refractivity contribution is 0.0465. The minimum Gasteiger partial charge on any atom is -0.491 e. The van der Waals surface area contributed by atoms with Crippen LogP contribution in [-0.2, 0) is 10.0 Å². The van der Waals surface area contributed by atoms with E-state index in [9.17, 15) is 13.5 Å². The first-order valence-electron chi connectivity index (χ1n) is 11.1. The maximum Gasteiger partial charge on any atom is 0.240 e. The van der Waals surface area contributed by atoms with Crippen molar-refractivity contribution >= 4 is 31.6 Å². The molecule has 1 unspecified atom stereocenters. The van der Waals surface area contributed by atoms with Gasteiger partial charge in [-0.15, -0.1) is 11.3 Å². The number of fused-ring (bicyclic) bond motifs is 1. The van der Waals surface area contributed by atoms with Gasteiger partial charge in [-0.05, 0) is 31.2 Å². The number of aryl methyl sites for hydroxylation is 1. The highest BCUT2D eigenvalue weighted by molar-refractivity contribution is 7.89. The summed E-state index contributed by atoms with van der Waals surface area (Å²) in [5.41, 5.74) is 0.923. The summed E-state index contributed by atoms with van der Waals surface area (Å²) in [4.78, 5) is 9.21. The fourth-order valence-electron chi connectivity index (χ4n) is 3.87. The van der Waals surface area contributed by atoms with Crippen molar-refractivity contribution in [1.82, 2.24) is 19.5 Å². The quantitative estimate of drug-likeness (QED) is 0.449. The third-order valence-corrected chi connectivity index (χ3v) is 8.04. The van der Waals surface area contributed by atoms with E-state index < -0.39 is 16.1 Å². The van der Waals surface area contributed by atoms with Crippen LogP contribution in [0.15, 0.2) is 53.4 Å². The Bertz CT molecular complexity index is 1150. The van der Waals surface area contributed by atoms with E-state index in [-0.39, 0.29) is 11.5 Å². The van der Waals surface area contributed by atoms with Gasteiger partial charge in [0.1, 0.15) is 18.5 Å². The Hall–Kier alpha value is -2.08. The van der Waals surface area contributed by atoms with E-state index in [4.69, 9.17) is 4.74 Å². The van der Waals surface area contributed by atoms with Gasteiger partial charge in [0, 0.05) is 51.9 Å². The third-order valence-electron chi connectivity index (χ3n) is 5.62. The average Bonchev–Trinajstić information content (AvgIpc) is 3.18. The van der Waals surface area contributed by atoms with E-state index in [1.807, 2.05) is 25.1 Å². The Labute approximate surface area is 198 Å². The van der Waals surface area contributed by atoms with Gasteiger partial charge in [0.15, 0.2) is 0 Å². The van der Waals surface area contributed by atoms with Gasteiger partial charge in [-0.2, -0.15) is 0 Å². The van der Waals surface area contributed by atoms with Crippen LogP contribution in [-0.4, -0.2) is 86.8 Å². The summed E-state index contributed by atoms with van der Waals surface area (Å²) in [6.07, 6.45) is -0.581. The molecule has 1 aliphatic rings. The van der Waals surface area contributed by atoms with Crippen LogP contribution in [0.2, 0.25) is 0 Å². The molecule has 3 aromatic rings. The Balaban J connectivity index is 1.14. The molecule has 8 nitrogen and oxygen atoms in total. The van der Waals surface area contributed by atoms with E-state index in [1.165, 1.54) is 0 Å². The van der Waals surface area contributed by atoms with E-state index in [2.05, 4.69) is 19.5 Å². The van der Waals surface area contributed by atoms with E-state index in [0.29, 0.717) is 19.6 Å². The molecule has 0 spiro atoms. The van der Waals surface area contributed by atoms with Gasteiger partial charge in [-0.1, -0.05) is 18.2 Å². The zero-order valence-corrected chi connectivity index (χ0v) is 20.3. The Morgan fingerprint density at radius 2 is 1.85 bits per heavy atom. The topological polar surface area (TPSA) is 95.0 Å². The van der Waals surface area contributed by atoms with Crippen molar-refractivity contribution in [2.45, 2.75) is 17.9 Å². The number of β-amino-alcohol motifs (C(OH)–C–C–N with tert-alkyl or cyclic N) is 1. The zero-order chi connectivity index (χ0) is 23.3. The molecular formula is C23H30N4O4S2. The first-order chi connectivity index (χ1) is 15.9. The van der Waals surface area contributed by atoms with Crippen LogP contribution in [0.1, 0.15) is 5.01 Å². The number of thiazole rings is 1. The number of aromatic nitrogens is 1. The lowest BCUT2D eigenvalue weighted by Crippen LogP contribution is -2.50. The summed E-state index contributed by atoms with van der Waals surface area (Å²) >= 11 is 1.65. The first-order valence-corrected chi connectivity index (χ1v) is 13.4. The zero-order valence-electron chi connectivity index (χ0n) is 18.7. The Morgan fingerprint density at radius 3 is 2.61 bits per heavy atom. The van der Waals surface area contributed by atoms with Gasteiger partial charge >= 0.3 is 0 Å². The molecule has 1 saturated heterocycles. The molecule has 2 aromatic carbocycles. The molecular weight excluding hydrogens is 460 g/mol. The number of piperazine rings is 1. The fourth-order valence-corrected chi connectivity index (χ4v) is 5.72. The summed E-state index contributed by atoms with van der Waals surface area (Å²) in [5.74, 6) is 0.717. The highest BCUT2D eigenvalue weighted by Crippen LogP contribution is 2.25. The molecule has 178 valence electrons. The van der Waals surface area contributed by atoms with Crippen LogP contribution in [0.3, 0.4) is 0 Å². The molecule has 0 amide bonds. The lowest BCUT2D eigenvalue weighted by atomic mass is 10.2. The maximum absolute atomic E-state index is 12.3. The molecule has 33 heavy (non-hydrogen) atoms. The van der Waals surface area contributed by atoms with Crippen molar-refractivity contribution in [3.63, 3.8) is 0 Å². The van der Waals surface area contributed by atoms with Gasteiger partial charge in [-0.25, -0.2) is 18.1 Å². The van der Waals surface area contributed by atoms with Crippen molar-refractivity contribution in [2.24, 2.45) is 0 Å². The summed E-state index contributed by atoms with van der Waals surface area (Å²) < 4.78 is 34.2. The molecule has 1 atom stereocenters. The number of sulfonamides is 1. The monoisotopic (exact) mass is 490 g/mol. The maximum atomic E-state index is 12.3. The van der Waals surface area contributed by atoms with Gasteiger partial charge in [0.05, 0.1) is 20.1 Å². The smallest absolute Gasteiger partial charge is 0.240 e. The summed E-state index contributed by atoms with van der Waals surface area (Å²) in [7, 11) is -3.47. The van der Waals surface area contributed by atoms with Crippen LogP contribution in [0.4, 0.5) is 0 Å². The summed E-state index contributed by atoms with van der Waals surface area (Å²) in [6, 6.07) is 14.2. The van der Waals surface area contributed by atoms with Gasteiger partial charge in [0.25, 0.3) is 0 Å². The fraction of sp³-hybridized carbons (Fsp3) is 0.435. The second-order valence-electron chi connectivity index (χ2n) is 8.18. The predicted octanol–water partition coefficient (Wildman–Crippen LogP) is 1.94. The molecule has 10 heteroatoms. The van der Waals surface area contributed by atoms with Gasteiger partial charge < -0.3 is 9.84 Å². The molecule has 0 saturated carbocycles. The number of nitrogens with one attached hydrogen (secondary N) is 1. The highest BCUT2D eigenvalue weighted by Gasteiger charge is 2.20. The van der Waals surface area contributed by atoms with Crippen molar-refractivity contribution in [3.8, 4) is 5.75 Å². The SMILES string of the molecule is Cc1nc2cc(OCC(O)CN3CCN(CCNS(=O)(=O)c4ccccc4)CC3)ccc2s1. The normalized spacial score (nSPS) is 16.8. The number of aliphatic hydroxyl groups excluding tert-OH is 1. The second kappa shape index (κ2) is 10.9. The summed E-state index contributed by atoms with van der Waals surface area (Å²) in [5, 5.41) is 11.4. The second-order valence-corrected chi connectivity index (χ2v) is 11.2. The standard InChI is InChI=1S/C23H30N4O4S2/c1-18-25-22-15-20(7-8-23(22)32-18)31-17-19(28)16-27-13-11-26(12-14-27)10-9-24-33(29,30)21-5-3-2-4-6-21/h2-8,15,19,24,28H,9-14,16-17H2,1H3. The van der Waals surface area contributed by atoms with Crippen molar-refractivity contribution in [1.29, 1.82) is 0 Å². The molecule has 0 aliphatic carbocycles. The predicted molar refractivity (Wildman–Crippen MR) is 130 cm³/mol. The van der Waals surface area contributed by atoms with Crippen LogP contribution in [0.25, 0.3) is 10.2 Å². The minimum absolute atomic E-state index is 0.232. The third kappa shape index (κ3) is 6.72. The Kier molecular flexibility index (Phi) is 7.94. The molecule has 1 aliphatic heterocycles. The van der Waals surface area contributed by atoms with E-state index in [0.717, 1.165) is 47.2 Å². The van der Waals surface area contributed by atoms with Crippen molar-refractivity contribution in [3.05, 3.63) is 53.5 Å². The van der Waals surface area contributed by atoms with Crippen LogP contribution in [0, 0.1) is 6.92 Å². The lowest BCUT2D eigenvalue weighted by Gasteiger charge is -2.35. The molecule has 2 heterocycles. The molecule has 2 N–H and O–H groups in total.